The molecule has 0 aliphatic rings. The molecular formula is C16H20N2O2. The van der Waals surface area contributed by atoms with Crippen molar-refractivity contribution in [2.24, 2.45) is 0 Å². The Morgan fingerprint density at radius 2 is 1.85 bits per heavy atom. The summed E-state index contributed by atoms with van der Waals surface area (Å²) in [6.45, 7) is 3.62. The lowest BCUT2D eigenvalue weighted by Crippen LogP contribution is -2.41. The Labute approximate surface area is 119 Å². The lowest BCUT2D eigenvalue weighted by atomic mass is 10.1. The van der Waals surface area contributed by atoms with E-state index in [4.69, 9.17) is 0 Å². The molecule has 0 radical (unpaired) electrons. The summed E-state index contributed by atoms with van der Waals surface area (Å²) in [4.78, 5) is 13.6. The topological polar surface area (TPSA) is 52.6 Å². The number of urea groups is 1. The molecule has 20 heavy (non-hydrogen) atoms. The second-order valence-electron chi connectivity index (χ2n) is 5.63. The highest BCUT2D eigenvalue weighted by Gasteiger charge is 2.19. The number of carbonyl (C=O) groups is 1. The van der Waals surface area contributed by atoms with Gasteiger partial charge in [-0.3, -0.25) is 0 Å². The van der Waals surface area contributed by atoms with Crippen LogP contribution in [0.1, 0.15) is 13.8 Å². The Morgan fingerprint density at radius 1 is 1.20 bits per heavy atom. The fourth-order valence-corrected chi connectivity index (χ4v) is 2.20. The second-order valence-corrected chi connectivity index (χ2v) is 5.63. The third-order valence-corrected chi connectivity index (χ3v) is 3.00. The van der Waals surface area contributed by atoms with Crippen LogP contribution in [0.4, 0.5) is 10.5 Å². The molecule has 0 heterocycles. The van der Waals surface area contributed by atoms with Crippen molar-refractivity contribution in [1.29, 1.82) is 0 Å². The zero-order valence-corrected chi connectivity index (χ0v) is 12.1. The maximum absolute atomic E-state index is 12.1. The van der Waals surface area contributed by atoms with Crippen LogP contribution in [0.2, 0.25) is 0 Å². The van der Waals surface area contributed by atoms with Gasteiger partial charge in [-0.05, 0) is 25.3 Å². The van der Waals surface area contributed by atoms with E-state index in [9.17, 15) is 9.90 Å². The van der Waals surface area contributed by atoms with Crippen molar-refractivity contribution in [3.05, 3.63) is 42.5 Å². The normalized spacial score (nSPS) is 11.4. The fourth-order valence-electron chi connectivity index (χ4n) is 2.20. The minimum Gasteiger partial charge on any atom is -0.389 e. The van der Waals surface area contributed by atoms with E-state index in [1.54, 1.807) is 20.9 Å². The van der Waals surface area contributed by atoms with Gasteiger partial charge in [-0.25, -0.2) is 4.79 Å². The van der Waals surface area contributed by atoms with Gasteiger partial charge in [0.25, 0.3) is 0 Å². The molecule has 2 amide bonds. The third kappa shape index (κ3) is 3.48. The molecule has 0 aliphatic heterocycles. The second kappa shape index (κ2) is 5.51. The average Bonchev–Trinajstić information content (AvgIpc) is 2.37. The number of likely N-dealkylation sites (N-methyl/N-ethyl adjacent to an activating group) is 1. The number of carbonyl (C=O) groups excluding carboxylic acids is 1. The summed E-state index contributed by atoms with van der Waals surface area (Å²) in [7, 11) is 1.67. The summed E-state index contributed by atoms with van der Waals surface area (Å²) in [6, 6.07) is 13.4. The molecule has 2 aromatic rings. The van der Waals surface area contributed by atoms with Gasteiger partial charge in [0.2, 0.25) is 0 Å². The average molecular weight is 272 g/mol. The van der Waals surface area contributed by atoms with Gasteiger partial charge in [-0.15, -0.1) is 0 Å². The number of aliphatic hydroxyl groups is 1. The van der Waals surface area contributed by atoms with Crippen LogP contribution in [-0.2, 0) is 0 Å². The van der Waals surface area contributed by atoms with Crippen LogP contribution in [0.15, 0.2) is 42.5 Å². The van der Waals surface area contributed by atoms with Crippen molar-refractivity contribution < 1.29 is 9.90 Å². The molecule has 2 rings (SSSR count). The minimum absolute atomic E-state index is 0.233. The van der Waals surface area contributed by atoms with Crippen LogP contribution in [0.3, 0.4) is 0 Å². The Balaban J connectivity index is 2.18. The van der Waals surface area contributed by atoms with Crippen molar-refractivity contribution >= 4 is 22.5 Å². The first-order valence-corrected chi connectivity index (χ1v) is 6.59. The van der Waals surface area contributed by atoms with E-state index in [-0.39, 0.29) is 12.6 Å². The van der Waals surface area contributed by atoms with Gasteiger partial charge in [0, 0.05) is 12.4 Å². The molecule has 4 nitrogen and oxygen atoms in total. The van der Waals surface area contributed by atoms with Crippen molar-refractivity contribution in [1.82, 2.24) is 4.90 Å². The van der Waals surface area contributed by atoms with Gasteiger partial charge in [-0.1, -0.05) is 36.4 Å². The van der Waals surface area contributed by atoms with Crippen LogP contribution in [0.5, 0.6) is 0 Å². The van der Waals surface area contributed by atoms with Gasteiger partial charge < -0.3 is 15.3 Å². The standard InChI is InChI=1S/C16H20N2O2/c1-16(2,20)11-18(3)15(19)17-14-10-6-8-12-7-4-5-9-13(12)14/h4-10,20H,11H2,1-3H3,(H,17,19). The molecule has 2 N–H and O–H groups in total. The number of amides is 2. The first-order chi connectivity index (χ1) is 9.37. The maximum Gasteiger partial charge on any atom is 0.321 e. The predicted molar refractivity (Wildman–Crippen MR) is 81.9 cm³/mol. The number of nitrogens with one attached hydrogen (secondary N) is 1. The Hall–Kier alpha value is -2.07. The molecule has 0 aromatic heterocycles. The lowest BCUT2D eigenvalue weighted by Gasteiger charge is -2.26. The Bertz CT molecular complexity index is 612. The summed E-state index contributed by atoms with van der Waals surface area (Å²) in [5, 5.41) is 14.7. The van der Waals surface area contributed by atoms with Crippen LogP contribution in [-0.4, -0.2) is 35.2 Å². The van der Waals surface area contributed by atoms with Gasteiger partial charge in [0.15, 0.2) is 0 Å². The van der Waals surface area contributed by atoms with E-state index in [0.29, 0.717) is 0 Å². The molecule has 0 unspecified atom stereocenters. The van der Waals surface area contributed by atoms with Gasteiger partial charge in [0.05, 0.1) is 17.8 Å². The zero-order valence-electron chi connectivity index (χ0n) is 12.1. The Morgan fingerprint density at radius 3 is 2.55 bits per heavy atom. The van der Waals surface area contributed by atoms with Gasteiger partial charge in [-0.2, -0.15) is 0 Å². The number of benzene rings is 2. The lowest BCUT2D eigenvalue weighted by molar-refractivity contribution is 0.0551. The molecule has 106 valence electrons. The van der Waals surface area contributed by atoms with E-state index >= 15 is 0 Å². The number of rotatable bonds is 3. The third-order valence-electron chi connectivity index (χ3n) is 3.00. The van der Waals surface area contributed by atoms with Crippen LogP contribution in [0.25, 0.3) is 10.8 Å². The highest BCUT2D eigenvalue weighted by atomic mass is 16.3. The monoisotopic (exact) mass is 272 g/mol. The molecule has 0 fully saturated rings. The van der Waals surface area contributed by atoms with Crippen molar-refractivity contribution in [3.8, 4) is 0 Å². The van der Waals surface area contributed by atoms with E-state index in [0.717, 1.165) is 16.5 Å². The van der Waals surface area contributed by atoms with E-state index in [2.05, 4.69) is 5.32 Å². The smallest absolute Gasteiger partial charge is 0.321 e. The van der Waals surface area contributed by atoms with Crippen molar-refractivity contribution in [3.63, 3.8) is 0 Å². The fraction of sp³-hybridized carbons (Fsp3) is 0.312. The minimum atomic E-state index is -0.912. The van der Waals surface area contributed by atoms with E-state index in [1.165, 1.54) is 4.90 Å². The van der Waals surface area contributed by atoms with Crippen molar-refractivity contribution in [2.45, 2.75) is 19.4 Å². The quantitative estimate of drug-likeness (QED) is 0.902. The highest BCUT2D eigenvalue weighted by Crippen LogP contribution is 2.23. The predicted octanol–water partition coefficient (Wildman–Crippen LogP) is 3.07. The molecule has 0 atom stereocenters. The molecule has 0 saturated heterocycles. The van der Waals surface area contributed by atoms with Crippen molar-refractivity contribution in [2.75, 3.05) is 18.9 Å². The number of nitrogens with zero attached hydrogens (tertiary/aromatic N) is 1. The number of anilines is 1. The Kier molecular flexibility index (Phi) is 3.95. The number of hydrogen-bond donors (Lipinski definition) is 2. The molecule has 0 bridgehead atoms. The van der Waals surface area contributed by atoms with Crippen LogP contribution in [0, 0.1) is 0 Å². The molecule has 0 spiro atoms. The summed E-state index contributed by atoms with van der Waals surface area (Å²) >= 11 is 0. The summed E-state index contributed by atoms with van der Waals surface area (Å²) in [5.74, 6) is 0. The first-order valence-electron chi connectivity index (χ1n) is 6.59. The molecule has 2 aromatic carbocycles. The van der Waals surface area contributed by atoms with Gasteiger partial charge in [0.1, 0.15) is 0 Å². The SMILES string of the molecule is CN(CC(C)(C)O)C(=O)Nc1cccc2ccccc12. The van der Waals surface area contributed by atoms with Gasteiger partial charge >= 0.3 is 6.03 Å². The molecular weight excluding hydrogens is 252 g/mol. The summed E-state index contributed by atoms with van der Waals surface area (Å²) < 4.78 is 0. The number of fused-ring (bicyclic) bond motifs is 1. The summed E-state index contributed by atoms with van der Waals surface area (Å²) in [6.07, 6.45) is 0. The largest absolute Gasteiger partial charge is 0.389 e. The number of hydrogen-bond acceptors (Lipinski definition) is 2. The highest BCUT2D eigenvalue weighted by molar-refractivity contribution is 6.01. The van der Waals surface area contributed by atoms with Crippen LogP contribution >= 0.6 is 0 Å². The zero-order chi connectivity index (χ0) is 14.8. The van der Waals surface area contributed by atoms with Crippen LogP contribution < -0.4 is 5.32 Å². The summed E-state index contributed by atoms with van der Waals surface area (Å²) in [5.41, 5.74) is -0.138. The first kappa shape index (κ1) is 14.3. The van der Waals surface area contributed by atoms with E-state index in [1.807, 2.05) is 42.5 Å². The molecule has 0 saturated carbocycles. The molecule has 4 heteroatoms. The molecule has 0 aliphatic carbocycles. The maximum atomic E-state index is 12.1. The van der Waals surface area contributed by atoms with E-state index < -0.39 is 5.60 Å².